The molecule has 0 bridgehead atoms. The largest absolute Gasteiger partial charge is 0.293 e. The summed E-state index contributed by atoms with van der Waals surface area (Å²) in [6.45, 7) is 13.3. The second-order valence-corrected chi connectivity index (χ2v) is 7.04. The number of nitrogens with zero attached hydrogens (tertiary/aromatic N) is 1. The highest BCUT2D eigenvalue weighted by molar-refractivity contribution is 4.96. The Morgan fingerprint density at radius 3 is 1.88 bits per heavy atom. The molecular formula is C16H33N. The Labute approximate surface area is 109 Å². The molecule has 17 heavy (non-hydrogen) atoms. The number of likely N-dealkylation sites (tertiary alicyclic amines) is 1. The third-order valence-electron chi connectivity index (χ3n) is 4.52. The average Bonchev–Trinajstić information content (AvgIpc) is 2.20. The fourth-order valence-corrected chi connectivity index (χ4v) is 3.52. The van der Waals surface area contributed by atoms with Crippen molar-refractivity contribution in [1.29, 1.82) is 0 Å². The number of rotatable bonds is 6. The maximum Gasteiger partial charge on any atom is 0.0158 e. The van der Waals surface area contributed by atoms with Gasteiger partial charge in [-0.25, -0.2) is 0 Å². The molecule has 1 heteroatoms. The molecule has 0 aliphatic carbocycles. The summed E-state index contributed by atoms with van der Waals surface area (Å²) in [6.07, 6.45) is 11.1. The molecule has 0 amide bonds. The van der Waals surface area contributed by atoms with Crippen LogP contribution in [0.1, 0.15) is 86.0 Å². The summed E-state index contributed by atoms with van der Waals surface area (Å²) in [7, 11) is 0. The fourth-order valence-electron chi connectivity index (χ4n) is 3.52. The molecule has 0 spiro atoms. The smallest absolute Gasteiger partial charge is 0.0158 e. The molecule has 0 atom stereocenters. The van der Waals surface area contributed by atoms with Crippen LogP contribution in [-0.2, 0) is 0 Å². The molecule has 1 heterocycles. The van der Waals surface area contributed by atoms with E-state index in [1.54, 1.807) is 0 Å². The van der Waals surface area contributed by atoms with Crippen LogP contribution in [0.25, 0.3) is 0 Å². The highest BCUT2D eigenvalue weighted by Crippen LogP contribution is 2.38. The SMILES string of the molecule is CCCCCCCN1C(C)(C)CCCC1(C)C. The zero-order valence-electron chi connectivity index (χ0n) is 12.8. The standard InChI is InChI=1S/C16H33N/c1-6-7-8-9-10-14-17-15(2,3)12-11-13-16(17,4)5/h6-14H2,1-5H3. The molecule has 1 fully saturated rings. The summed E-state index contributed by atoms with van der Waals surface area (Å²) in [4.78, 5) is 2.77. The number of hydrogen-bond donors (Lipinski definition) is 0. The average molecular weight is 239 g/mol. The maximum absolute atomic E-state index is 2.77. The topological polar surface area (TPSA) is 3.24 Å². The lowest BCUT2D eigenvalue weighted by Gasteiger charge is -2.53. The molecule has 0 saturated carbocycles. The van der Waals surface area contributed by atoms with Gasteiger partial charge in [-0.2, -0.15) is 0 Å². The molecule has 0 unspecified atom stereocenters. The van der Waals surface area contributed by atoms with Crippen LogP contribution in [0.5, 0.6) is 0 Å². The quantitative estimate of drug-likeness (QED) is 0.590. The van der Waals surface area contributed by atoms with Gasteiger partial charge in [0, 0.05) is 11.1 Å². The molecule has 1 saturated heterocycles. The fraction of sp³-hybridized carbons (Fsp3) is 1.00. The summed E-state index contributed by atoms with van der Waals surface area (Å²) < 4.78 is 0. The number of piperidine rings is 1. The summed E-state index contributed by atoms with van der Waals surface area (Å²) in [6, 6.07) is 0. The molecule has 0 aromatic rings. The normalized spacial score (nSPS) is 23.8. The van der Waals surface area contributed by atoms with Crippen LogP contribution in [0.3, 0.4) is 0 Å². The molecular weight excluding hydrogens is 206 g/mol. The summed E-state index contributed by atoms with van der Waals surface area (Å²) >= 11 is 0. The van der Waals surface area contributed by atoms with Crippen molar-refractivity contribution in [3.05, 3.63) is 0 Å². The Balaban J connectivity index is 2.41. The first kappa shape index (κ1) is 15.0. The van der Waals surface area contributed by atoms with Crippen LogP contribution in [0.2, 0.25) is 0 Å². The van der Waals surface area contributed by atoms with Gasteiger partial charge < -0.3 is 0 Å². The van der Waals surface area contributed by atoms with Crippen molar-refractivity contribution in [3.63, 3.8) is 0 Å². The van der Waals surface area contributed by atoms with Crippen LogP contribution in [-0.4, -0.2) is 22.5 Å². The predicted octanol–water partition coefficient (Wildman–Crippen LogP) is 5.00. The lowest BCUT2D eigenvalue weighted by molar-refractivity contribution is -0.0276. The molecule has 0 radical (unpaired) electrons. The van der Waals surface area contributed by atoms with E-state index in [9.17, 15) is 0 Å². The highest BCUT2D eigenvalue weighted by atomic mass is 15.3. The molecule has 1 aliphatic heterocycles. The van der Waals surface area contributed by atoms with E-state index in [4.69, 9.17) is 0 Å². The van der Waals surface area contributed by atoms with Crippen molar-refractivity contribution < 1.29 is 0 Å². The van der Waals surface area contributed by atoms with Crippen LogP contribution < -0.4 is 0 Å². The third-order valence-corrected chi connectivity index (χ3v) is 4.52. The van der Waals surface area contributed by atoms with Crippen molar-refractivity contribution in [1.82, 2.24) is 4.90 Å². The van der Waals surface area contributed by atoms with Crippen LogP contribution in [0.15, 0.2) is 0 Å². The lowest BCUT2D eigenvalue weighted by Crippen LogP contribution is -2.58. The van der Waals surface area contributed by atoms with E-state index in [0.29, 0.717) is 11.1 Å². The molecule has 1 aliphatic rings. The van der Waals surface area contributed by atoms with E-state index in [2.05, 4.69) is 39.5 Å². The van der Waals surface area contributed by atoms with Crippen molar-refractivity contribution in [2.75, 3.05) is 6.54 Å². The van der Waals surface area contributed by atoms with Crippen molar-refractivity contribution in [2.45, 2.75) is 97.1 Å². The Hall–Kier alpha value is -0.0400. The van der Waals surface area contributed by atoms with Gasteiger partial charge >= 0.3 is 0 Å². The Morgan fingerprint density at radius 1 is 0.824 bits per heavy atom. The Bertz CT molecular complexity index is 202. The summed E-state index contributed by atoms with van der Waals surface area (Å²) in [5.41, 5.74) is 0.818. The second kappa shape index (κ2) is 6.22. The van der Waals surface area contributed by atoms with E-state index in [1.165, 1.54) is 57.9 Å². The maximum atomic E-state index is 2.77. The van der Waals surface area contributed by atoms with Gasteiger partial charge in [0.15, 0.2) is 0 Å². The first-order valence-electron chi connectivity index (χ1n) is 7.68. The van der Waals surface area contributed by atoms with Crippen molar-refractivity contribution >= 4 is 0 Å². The van der Waals surface area contributed by atoms with Gasteiger partial charge in [0.25, 0.3) is 0 Å². The molecule has 0 N–H and O–H groups in total. The van der Waals surface area contributed by atoms with Crippen LogP contribution in [0, 0.1) is 0 Å². The highest BCUT2D eigenvalue weighted by Gasteiger charge is 2.40. The molecule has 0 aromatic heterocycles. The van der Waals surface area contributed by atoms with E-state index in [0.717, 1.165) is 0 Å². The Kier molecular flexibility index (Phi) is 5.50. The molecule has 0 aromatic carbocycles. The summed E-state index contributed by atoms with van der Waals surface area (Å²) in [5.74, 6) is 0. The van der Waals surface area contributed by atoms with Gasteiger partial charge in [0.2, 0.25) is 0 Å². The minimum Gasteiger partial charge on any atom is -0.293 e. The Morgan fingerprint density at radius 2 is 1.35 bits per heavy atom. The van der Waals surface area contributed by atoms with E-state index in [1.807, 2.05) is 0 Å². The minimum absolute atomic E-state index is 0.409. The third kappa shape index (κ3) is 4.28. The van der Waals surface area contributed by atoms with E-state index in [-0.39, 0.29) is 0 Å². The van der Waals surface area contributed by atoms with Crippen LogP contribution in [0.4, 0.5) is 0 Å². The molecule has 102 valence electrons. The monoisotopic (exact) mass is 239 g/mol. The van der Waals surface area contributed by atoms with Gasteiger partial charge in [-0.3, -0.25) is 4.90 Å². The van der Waals surface area contributed by atoms with Gasteiger partial charge in [-0.1, -0.05) is 32.6 Å². The first-order chi connectivity index (χ1) is 7.90. The number of hydrogen-bond acceptors (Lipinski definition) is 1. The van der Waals surface area contributed by atoms with Crippen molar-refractivity contribution in [2.24, 2.45) is 0 Å². The summed E-state index contributed by atoms with van der Waals surface area (Å²) in [5, 5.41) is 0. The van der Waals surface area contributed by atoms with Gasteiger partial charge in [-0.15, -0.1) is 0 Å². The van der Waals surface area contributed by atoms with Crippen LogP contribution >= 0.6 is 0 Å². The van der Waals surface area contributed by atoms with Crippen molar-refractivity contribution in [3.8, 4) is 0 Å². The second-order valence-electron chi connectivity index (χ2n) is 7.04. The number of unbranched alkanes of at least 4 members (excludes halogenated alkanes) is 4. The molecule has 1 nitrogen and oxygen atoms in total. The van der Waals surface area contributed by atoms with E-state index < -0.39 is 0 Å². The lowest BCUT2D eigenvalue weighted by atomic mass is 9.79. The minimum atomic E-state index is 0.409. The zero-order valence-corrected chi connectivity index (χ0v) is 12.8. The van der Waals surface area contributed by atoms with Gasteiger partial charge in [-0.05, 0) is 59.9 Å². The van der Waals surface area contributed by atoms with E-state index >= 15 is 0 Å². The first-order valence-corrected chi connectivity index (χ1v) is 7.68. The zero-order chi connectivity index (χ0) is 12.9. The van der Waals surface area contributed by atoms with Gasteiger partial charge in [0.1, 0.15) is 0 Å². The predicted molar refractivity (Wildman–Crippen MR) is 77.5 cm³/mol. The molecule has 1 rings (SSSR count). The van der Waals surface area contributed by atoms with Gasteiger partial charge in [0.05, 0.1) is 0 Å².